The van der Waals surface area contributed by atoms with Crippen LogP contribution in [0.4, 0.5) is 9.52 Å². The van der Waals surface area contributed by atoms with Crippen molar-refractivity contribution < 1.29 is 13.7 Å². The van der Waals surface area contributed by atoms with Crippen molar-refractivity contribution in [2.24, 2.45) is 0 Å². The number of amides is 1. The van der Waals surface area contributed by atoms with Crippen molar-refractivity contribution in [1.82, 2.24) is 15.0 Å². The number of carbonyl (C=O) groups excluding carboxylic acids is 1. The van der Waals surface area contributed by atoms with Gasteiger partial charge in [-0.15, -0.1) is 0 Å². The smallest absolute Gasteiger partial charge is 0.282 e. The first-order valence-corrected chi connectivity index (χ1v) is 9.37. The van der Waals surface area contributed by atoms with Crippen molar-refractivity contribution >= 4 is 32.6 Å². The Morgan fingerprint density at radius 1 is 1.27 bits per heavy atom. The maximum atomic E-state index is 14.0. The van der Waals surface area contributed by atoms with Crippen LogP contribution in [0.15, 0.2) is 28.8 Å². The number of likely N-dealkylation sites (N-methyl/N-ethyl adjacent to an activating group) is 1. The molecular weight excluding hydrogens is 355 g/mol. The second-order valence-electron chi connectivity index (χ2n) is 5.89. The van der Waals surface area contributed by atoms with Crippen molar-refractivity contribution in [3.63, 3.8) is 0 Å². The van der Waals surface area contributed by atoms with Gasteiger partial charge < -0.3 is 9.42 Å². The molecule has 0 saturated carbocycles. The predicted molar refractivity (Wildman–Crippen MR) is 100 cm³/mol. The average Bonchev–Trinajstić information content (AvgIpc) is 3.25. The molecule has 3 rings (SSSR count). The van der Waals surface area contributed by atoms with Crippen LogP contribution in [0.2, 0.25) is 0 Å². The van der Waals surface area contributed by atoms with Crippen molar-refractivity contribution in [3.05, 3.63) is 41.5 Å². The molecule has 26 heavy (non-hydrogen) atoms. The summed E-state index contributed by atoms with van der Waals surface area (Å²) >= 11 is 1.29. The lowest BCUT2D eigenvalue weighted by molar-refractivity contribution is 0.0975. The Labute approximate surface area is 155 Å². The number of benzene rings is 1. The highest BCUT2D eigenvalue weighted by Gasteiger charge is 2.24. The normalized spacial score (nSPS) is 11.4. The van der Waals surface area contributed by atoms with Gasteiger partial charge in [-0.3, -0.25) is 9.69 Å². The largest absolute Gasteiger partial charge is 0.361 e. The SMILES string of the molecule is CCN(CC)CCN(C(=O)c1cc(C)on1)c1nc2c(F)cccc2s1. The summed E-state index contributed by atoms with van der Waals surface area (Å²) in [7, 11) is 0. The topological polar surface area (TPSA) is 62.5 Å². The number of anilines is 1. The zero-order valence-electron chi connectivity index (χ0n) is 15.0. The summed E-state index contributed by atoms with van der Waals surface area (Å²) in [6, 6.07) is 6.41. The zero-order valence-corrected chi connectivity index (χ0v) is 15.8. The molecule has 0 aliphatic carbocycles. The van der Waals surface area contributed by atoms with Gasteiger partial charge in [0.2, 0.25) is 0 Å². The van der Waals surface area contributed by atoms with E-state index < -0.39 is 5.82 Å². The first-order chi connectivity index (χ1) is 12.5. The Morgan fingerprint density at radius 2 is 2.04 bits per heavy atom. The lowest BCUT2D eigenvalue weighted by atomic mass is 10.3. The fraction of sp³-hybridized carbons (Fsp3) is 0.389. The maximum Gasteiger partial charge on any atom is 0.282 e. The van der Waals surface area contributed by atoms with Crippen LogP contribution in [0, 0.1) is 12.7 Å². The van der Waals surface area contributed by atoms with E-state index in [-0.39, 0.29) is 17.1 Å². The van der Waals surface area contributed by atoms with Gasteiger partial charge in [0.15, 0.2) is 10.8 Å². The van der Waals surface area contributed by atoms with Crippen LogP contribution in [0.25, 0.3) is 10.2 Å². The van der Waals surface area contributed by atoms with Crippen molar-refractivity contribution in [3.8, 4) is 0 Å². The second-order valence-corrected chi connectivity index (χ2v) is 6.90. The maximum absolute atomic E-state index is 14.0. The number of nitrogens with zero attached hydrogens (tertiary/aromatic N) is 4. The number of hydrogen-bond acceptors (Lipinski definition) is 6. The molecule has 0 spiro atoms. The van der Waals surface area contributed by atoms with E-state index in [4.69, 9.17) is 4.52 Å². The van der Waals surface area contributed by atoms with Gasteiger partial charge >= 0.3 is 0 Å². The fourth-order valence-electron chi connectivity index (χ4n) is 2.69. The van der Waals surface area contributed by atoms with Crippen LogP contribution in [0.1, 0.15) is 30.1 Å². The molecule has 0 aliphatic rings. The van der Waals surface area contributed by atoms with Gasteiger partial charge in [-0.05, 0) is 32.1 Å². The van der Waals surface area contributed by atoms with Crippen LogP contribution in [-0.4, -0.2) is 47.1 Å². The molecule has 0 bridgehead atoms. The standard InChI is InChI=1S/C18H21FN4O2S/c1-4-22(5-2)9-10-23(17(24)14-11-12(3)25-21-14)18-20-16-13(19)7-6-8-15(16)26-18/h6-8,11H,4-5,9-10H2,1-3H3. The van der Waals surface area contributed by atoms with E-state index in [1.54, 1.807) is 30.0 Å². The highest BCUT2D eigenvalue weighted by molar-refractivity contribution is 7.22. The predicted octanol–water partition coefficient (Wildman–Crippen LogP) is 3.72. The van der Waals surface area contributed by atoms with Crippen molar-refractivity contribution in [2.75, 3.05) is 31.1 Å². The molecule has 0 saturated heterocycles. The third-order valence-corrected chi connectivity index (χ3v) is 5.26. The molecule has 0 fully saturated rings. The molecule has 2 heterocycles. The molecule has 2 aromatic heterocycles. The molecular formula is C18H21FN4O2S. The number of aryl methyl sites for hydroxylation is 1. The van der Waals surface area contributed by atoms with Gasteiger partial charge in [-0.25, -0.2) is 9.37 Å². The molecule has 0 unspecified atom stereocenters. The number of carbonyl (C=O) groups is 1. The highest BCUT2D eigenvalue weighted by atomic mass is 32.1. The minimum absolute atomic E-state index is 0.224. The summed E-state index contributed by atoms with van der Waals surface area (Å²) in [5.74, 6) is -0.126. The van der Waals surface area contributed by atoms with E-state index in [0.29, 0.717) is 28.7 Å². The van der Waals surface area contributed by atoms with Gasteiger partial charge in [0.05, 0.1) is 4.70 Å². The zero-order chi connectivity index (χ0) is 18.7. The summed E-state index contributed by atoms with van der Waals surface area (Å²) < 4.78 is 19.8. The van der Waals surface area contributed by atoms with Crippen LogP contribution in [0.3, 0.4) is 0 Å². The molecule has 0 aliphatic heterocycles. The quantitative estimate of drug-likeness (QED) is 0.629. The van der Waals surface area contributed by atoms with Crippen molar-refractivity contribution in [2.45, 2.75) is 20.8 Å². The van der Waals surface area contributed by atoms with E-state index in [1.165, 1.54) is 17.4 Å². The van der Waals surface area contributed by atoms with E-state index in [0.717, 1.165) is 13.1 Å². The third kappa shape index (κ3) is 3.76. The van der Waals surface area contributed by atoms with E-state index >= 15 is 0 Å². The van der Waals surface area contributed by atoms with E-state index in [2.05, 4.69) is 28.9 Å². The van der Waals surface area contributed by atoms with Crippen molar-refractivity contribution in [1.29, 1.82) is 0 Å². The van der Waals surface area contributed by atoms with Gasteiger partial charge in [0, 0.05) is 19.2 Å². The van der Waals surface area contributed by atoms with Crippen LogP contribution < -0.4 is 4.90 Å². The van der Waals surface area contributed by atoms with Gasteiger partial charge in [0.25, 0.3) is 5.91 Å². The highest BCUT2D eigenvalue weighted by Crippen LogP contribution is 2.31. The molecule has 8 heteroatoms. The Balaban J connectivity index is 1.95. The third-order valence-electron chi connectivity index (χ3n) is 4.22. The van der Waals surface area contributed by atoms with Gasteiger partial charge in [-0.2, -0.15) is 0 Å². The summed E-state index contributed by atoms with van der Waals surface area (Å²) in [6.45, 7) is 8.78. The summed E-state index contributed by atoms with van der Waals surface area (Å²) in [5.41, 5.74) is 0.506. The number of aromatic nitrogens is 2. The minimum Gasteiger partial charge on any atom is -0.361 e. The minimum atomic E-state index is -0.390. The monoisotopic (exact) mass is 376 g/mol. The Hall–Kier alpha value is -2.32. The Morgan fingerprint density at radius 3 is 2.65 bits per heavy atom. The second kappa shape index (κ2) is 7.92. The first kappa shape index (κ1) is 18.5. The summed E-state index contributed by atoms with van der Waals surface area (Å²) in [6.07, 6.45) is 0. The summed E-state index contributed by atoms with van der Waals surface area (Å²) in [5, 5.41) is 4.28. The van der Waals surface area contributed by atoms with Crippen LogP contribution in [-0.2, 0) is 0 Å². The van der Waals surface area contributed by atoms with Gasteiger partial charge in [-0.1, -0.05) is 36.4 Å². The molecule has 1 amide bonds. The van der Waals surface area contributed by atoms with E-state index in [1.807, 2.05) is 0 Å². The molecule has 1 aromatic carbocycles. The first-order valence-electron chi connectivity index (χ1n) is 8.56. The Kier molecular flexibility index (Phi) is 5.63. The molecule has 0 radical (unpaired) electrons. The van der Waals surface area contributed by atoms with Gasteiger partial charge in [0.1, 0.15) is 17.1 Å². The molecule has 6 nitrogen and oxygen atoms in total. The number of halogens is 1. The number of hydrogen-bond donors (Lipinski definition) is 0. The number of rotatable bonds is 7. The molecule has 0 atom stereocenters. The van der Waals surface area contributed by atoms with E-state index in [9.17, 15) is 9.18 Å². The molecule has 138 valence electrons. The molecule has 0 N–H and O–H groups in total. The lowest BCUT2D eigenvalue weighted by Crippen LogP contribution is -2.39. The summed E-state index contributed by atoms with van der Waals surface area (Å²) in [4.78, 5) is 21.1. The van der Waals surface area contributed by atoms with Crippen LogP contribution >= 0.6 is 11.3 Å². The fourth-order valence-corrected chi connectivity index (χ4v) is 3.69. The number of para-hydroxylation sites is 1. The number of thiazole rings is 1. The lowest BCUT2D eigenvalue weighted by Gasteiger charge is -2.24. The number of fused-ring (bicyclic) bond motifs is 1. The molecule has 3 aromatic rings. The average molecular weight is 376 g/mol. The van der Waals surface area contributed by atoms with Crippen LogP contribution in [0.5, 0.6) is 0 Å². The Bertz CT molecular complexity index is 904.